The summed E-state index contributed by atoms with van der Waals surface area (Å²) >= 11 is 0. The maximum absolute atomic E-state index is 14.3. The zero-order chi connectivity index (χ0) is 28.4. The third-order valence-corrected chi connectivity index (χ3v) is 8.92. The van der Waals surface area contributed by atoms with Gasteiger partial charge in [0.25, 0.3) is 0 Å². The maximum Gasteiger partial charge on any atom is 0.418 e. The van der Waals surface area contributed by atoms with E-state index in [4.69, 9.17) is 4.74 Å². The van der Waals surface area contributed by atoms with Crippen molar-refractivity contribution in [3.63, 3.8) is 0 Å². The van der Waals surface area contributed by atoms with Gasteiger partial charge in [0.05, 0.1) is 28.3 Å². The van der Waals surface area contributed by atoms with Crippen LogP contribution in [0.3, 0.4) is 0 Å². The third-order valence-electron chi connectivity index (χ3n) is 8.92. The van der Waals surface area contributed by atoms with Crippen molar-refractivity contribution in [2.45, 2.75) is 75.2 Å². The third kappa shape index (κ3) is 4.26. The Kier molecular flexibility index (Phi) is 6.23. The van der Waals surface area contributed by atoms with Crippen molar-refractivity contribution in [2.75, 3.05) is 7.11 Å². The van der Waals surface area contributed by atoms with Crippen molar-refractivity contribution in [2.24, 2.45) is 7.05 Å². The summed E-state index contributed by atoms with van der Waals surface area (Å²) in [7, 11) is 3.55. The van der Waals surface area contributed by atoms with E-state index in [1.807, 2.05) is 36.7 Å². The van der Waals surface area contributed by atoms with Crippen LogP contribution in [0.2, 0.25) is 0 Å². The van der Waals surface area contributed by atoms with Crippen LogP contribution in [0.1, 0.15) is 74.5 Å². The number of hydrogen-bond donors (Lipinski definition) is 1. The van der Waals surface area contributed by atoms with Crippen LogP contribution in [0, 0.1) is 0 Å². The molecule has 2 aliphatic carbocycles. The van der Waals surface area contributed by atoms with Crippen molar-refractivity contribution in [3.8, 4) is 5.69 Å². The molecule has 0 amide bonds. The first-order valence-electron chi connectivity index (χ1n) is 13.5. The van der Waals surface area contributed by atoms with E-state index in [-0.39, 0.29) is 23.2 Å². The first-order valence-corrected chi connectivity index (χ1v) is 13.5. The fourth-order valence-corrected chi connectivity index (χ4v) is 6.42. The van der Waals surface area contributed by atoms with Gasteiger partial charge in [-0.3, -0.25) is 8.97 Å². The molecule has 212 valence electrons. The molecule has 0 saturated heterocycles. The summed E-state index contributed by atoms with van der Waals surface area (Å²) in [6.45, 7) is 3.92. The van der Waals surface area contributed by atoms with Gasteiger partial charge in [0.1, 0.15) is 12.2 Å². The second-order valence-electron chi connectivity index (χ2n) is 11.7. The molecule has 3 aromatic heterocycles. The molecule has 6 rings (SSSR count). The summed E-state index contributed by atoms with van der Waals surface area (Å²) in [5, 5.41) is 11.9. The molecule has 1 N–H and O–H groups in total. The lowest BCUT2D eigenvalue weighted by Gasteiger charge is -2.46. The number of fused-ring (bicyclic) bond motifs is 1. The minimum absolute atomic E-state index is 0.0470. The number of pyridine rings is 1. The molecule has 8 nitrogen and oxygen atoms in total. The second-order valence-corrected chi connectivity index (χ2v) is 11.7. The Morgan fingerprint density at radius 2 is 1.93 bits per heavy atom. The number of imidazole rings is 1. The molecule has 0 radical (unpaired) electrons. The Morgan fingerprint density at radius 1 is 1.18 bits per heavy atom. The molecule has 4 aromatic rings. The molecule has 2 fully saturated rings. The lowest BCUT2D eigenvalue weighted by molar-refractivity contribution is -0.136. The number of halogens is 3. The number of alkyl halides is 3. The Balaban J connectivity index is 1.45. The molecule has 0 spiro atoms. The van der Waals surface area contributed by atoms with Gasteiger partial charge in [-0.1, -0.05) is 12.1 Å². The number of hydrogen-bond acceptors (Lipinski definition) is 5. The SMILES string of the molecule is CO[C@H]1C[C@@](c2cccc(-n3cc4c(C(F)(F)F)cc([C@H](C)NC5(C)CCC5)cn4c3=O)c2)(c2nncn2C)C1. The molecule has 1 atom stereocenters. The van der Waals surface area contributed by atoms with Gasteiger partial charge in [-0.15, -0.1) is 10.2 Å². The first-order chi connectivity index (χ1) is 18.9. The van der Waals surface area contributed by atoms with E-state index >= 15 is 0 Å². The van der Waals surface area contributed by atoms with Crippen LogP contribution in [0.5, 0.6) is 0 Å². The summed E-state index contributed by atoms with van der Waals surface area (Å²) in [4.78, 5) is 13.7. The highest BCUT2D eigenvalue weighted by molar-refractivity contribution is 5.58. The van der Waals surface area contributed by atoms with Crippen LogP contribution in [0.15, 0.2) is 53.8 Å². The molecule has 0 unspecified atom stereocenters. The van der Waals surface area contributed by atoms with Gasteiger partial charge in [-0.05, 0) is 75.3 Å². The molecule has 3 heterocycles. The van der Waals surface area contributed by atoms with Crippen LogP contribution in [-0.2, 0) is 23.4 Å². The monoisotopic (exact) mass is 554 g/mol. The number of ether oxygens (including phenoxy) is 1. The van der Waals surface area contributed by atoms with E-state index < -0.39 is 22.8 Å². The molecular formula is C29H33F3N6O2. The summed E-state index contributed by atoms with van der Waals surface area (Å²) < 4.78 is 52.7. The average Bonchev–Trinajstić information content (AvgIpc) is 3.45. The van der Waals surface area contributed by atoms with Gasteiger partial charge >= 0.3 is 11.9 Å². The Hall–Kier alpha value is -3.44. The van der Waals surface area contributed by atoms with Gasteiger partial charge in [0, 0.05) is 38.1 Å². The Bertz CT molecular complexity index is 1620. The van der Waals surface area contributed by atoms with Gasteiger partial charge < -0.3 is 14.6 Å². The van der Waals surface area contributed by atoms with Gasteiger partial charge in [-0.2, -0.15) is 13.2 Å². The summed E-state index contributed by atoms with van der Waals surface area (Å²) in [5.74, 6) is 0.776. The number of aryl methyl sites for hydroxylation is 1. The standard InChI is InChI=1S/C29H33F3N6O2/c1-18(34-27(2)9-6-10-27)19-11-23(29(30,31)32)24-16-37(26(39)38(24)15-19)21-8-5-7-20(12-21)28(13-22(14-28)40-4)25-35-33-17-36(25)3/h5,7-8,11-12,15-18,22,34H,6,9-10,13-14H2,1-4H3/t18-,22-,28+/m0/s1. The molecule has 0 bridgehead atoms. The molecule has 2 aliphatic rings. The largest absolute Gasteiger partial charge is 0.418 e. The van der Waals surface area contributed by atoms with E-state index in [0.29, 0.717) is 24.1 Å². The molecule has 0 aliphatic heterocycles. The van der Waals surface area contributed by atoms with Gasteiger partial charge in [-0.25, -0.2) is 4.79 Å². The van der Waals surface area contributed by atoms with Crippen molar-refractivity contribution in [3.05, 3.63) is 82.1 Å². The predicted molar refractivity (Wildman–Crippen MR) is 144 cm³/mol. The molecule has 1 aromatic carbocycles. The summed E-state index contributed by atoms with van der Waals surface area (Å²) in [6, 6.07) is 8.18. The van der Waals surface area contributed by atoms with Crippen LogP contribution in [0.4, 0.5) is 13.2 Å². The highest BCUT2D eigenvalue weighted by atomic mass is 19.4. The van der Waals surface area contributed by atoms with Crippen LogP contribution in [0.25, 0.3) is 11.2 Å². The van der Waals surface area contributed by atoms with Crippen molar-refractivity contribution >= 4 is 5.52 Å². The topological polar surface area (TPSA) is 78.4 Å². The number of nitrogens with one attached hydrogen (secondary N) is 1. The lowest BCUT2D eigenvalue weighted by Crippen LogP contribution is -2.49. The molecule has 11 heteroatoms. The predicted octanol–water partition coefficient (Wildman–Crippen LogP) is 4.93. The van der Waals surface area contributed by atoms with Crippen LogP contribution >= 0.6 is 0 Å². The van der Waals surface area contributed by atoms with Crippen LogP contribution in [-0.4, -0.2) is 42.5 Å². The minimum Gasteiger partial charge on any atom is -0.381 e. The van der Waals surface area contributed by atoms with Gasteiger partial charge in [0.15, 0.2) is 0 Å². The van der Waals surface area contributed by atoms with Crippen molar-refractivity contribution in [1.29, 1.82) is 0 Å². The summed E-state index contributed by atoms with van der Waals surface area (Å²) in [6.07, 6.45) is 4.27. The number of benzene rings is 1. The van der Waals surface area contributed by atoms with E-state index in [2.05, 4.69) is 22.4 Å². The Morgan fingerprint density at radius 3 is 2.52 bits per heavy atom. The van der Waals surface area contributed by atoms with Crippen LogP contribution < -0.4 is 11.0 Å². The normalized spacial score (nSPS) is 23.1. The van der Waals surface area contributed by atoms with E-state index in [1.165, 1.54) is 17.0 Å². The quantitative estimate of drug-likeness (QED) is 0.351. The number of rotatable bonds is 7. The zero-order valence-corrected chi connectivity index (χ0v) is 23.0. The summed E-state index contributed by atoms with van der Waals surface area (Å²) in [5.41, 5.74) is -0.349. The number of aromatic nitrogens is 5. The number of methoxy groups -OCH3 is 1. The number of nitrogens with zero attached hydrogens (tertiary/aromatic N) is 5. The lowest BCUT2D eigenvalue weighted by atomic mass is 9.62. The van der Waals surface area contributed by atoms with E-state index in [0.717, 1.165) is 41.1 Å². The highest BCUT2D eigenvalue weighted by Crippen LogP contribution is 2.49. The van der Waals surface area contributed by atoms with Crippen molar-refractivity contribution < 1.29 is 17.9 Å². The molecule has 40 heavy (non-hydrogen) atoms. The fraction of sp³-hybridized carbons (Fsp3) is 0.483. The molecule has 2 saturated carbocycles. The average molecular weight is 555 g/mol. The first kappa shape index (κ1) is 26.8. The zero-order valence-electron chi connectivity index (χ0n) is 23.0. The Labute approximate surface area is 229 Å². The molecular weight excluding hydrogens is 521 g/mol. The van der Waals surface area contributed by atoms with E-state index in [1.54, 1.807) is 19.5 Å². The second kappa shape index (κ2) is 9.31. The maximum atomic E-state index is 14.3. The highest BCUT2D eigenvalue weighted by Gasteiger charge is 2.50. The fourth-order valence-electron chi connectivity index (χ4n) is 6.42. The van der Waals surface area contributed by atoms with E-state index in [9.17, 15) is 18.0 Å². The minimum atomic E-state index is -4.63. The smallest absolute Gasteiger partial charge is 0.381 e. The van der Waals surface area contributed by atoms with Crippen molar-refractivity contribution in [1.82, 2.24) is 29.0 Å². The van der Waals surface area contributed by atoms with Gasteiger partial charge in [0.2, 0.25) is 0 Å².